The fourth-order valence-corrected chi connectivity index (χ4v) is 3.24. The van der Waals surface area contributed by atoms with Gasteiger partial charge in [-0.15, -0.1) is 11.3 Å². The van der Waals surface area contributed by atoms with Gasteiger partial charge in [0.25, 0.3) is 0 Å². The Morgan fingerprint density at radius 2 is 2.23 bits per heavy atom. The van der Waals surface area contributed by atoms with E-state index in [0.717, 1.165) is 0 Å². The summed E-state index contributed by atoms with van der Waals surface area (Å²) < 4.78 is 0. The molecule has 1 aromatic heterocycles. The van der Waals surface area contributed by atoms with Crippen molar-refractivity contribution in [2.45, 2.75) is 32.2 Å². The summed E-state index contributed by atoms with van der Waals surface area (Å²) in [5.41, 5.74) is -0.478. The van der Waals surface area contributed by atoms with Gasteiger partial charge in [0.1, 0.15) is 0 Å². The van der Waals surface area contributed by atoms with Gasteiger partial charge in [0.05, 0.1) is 10.9 Å². The second kappa shape index (κ2) is 6.04. The molecule has 0 spiro atoms. The highest BCUT2D eigenvalue weighted by Gasteiger charge is 2.47. The molecular formula is C14H19N3O4S. The van der Waals surface area contributed by atoms with Crippen molar-refractivity contribution in [3.8, 4) is 0 Å². The van der Waals surface area contributed by atoms with Gasteiger partial charge in [0, 0.05) is 37.4 Å². The number of carbonyl (C=O) groups excluding carboxylic acids is 2. The van der Waals surface area contributed by atoms with Crippen LogP contribution in [-0.2, 0) is 16.0 Å². The van der Waals surface area contributed by atoms with E-state index in [2.05, 4.69) is 10.3 Å². The van der Waals surface area contributed by atoms with Crippen LogP contribution in [0.4, 0.5) is 0 Å². The van der Waals surface area contributed by atoms with Crippen LogP contribution in [0.1, 0.15) is 35.8 Å². The normalized spacial score (nSPS) is 20.2. The number of nitrogens with zero attached hydrogens (tertiary/aromatic N) is 2. The lowest BCUT2D eigenvalue weighted by atomic mass is 9.88. The van der Waals surface area contributed by atoms with Crippen molar-refractivity contribution in [1.82, 2.24) is 15.2 Å². The van der Waals surface area contributed by atoms with Crippen LogP contribution in [-0.4, -0.2) is 51.9 Å². The number of nitrogens with one attached hydrogen (secondary N) is 1. The number of aromatic carboxylic acids is 1. The number of likely N-dealkylation sites (tertiary alicyclic amines) is 1. The maximum atomic E-state index is 12.3. The summed E-state index contributed by atoms with van der Waals surface area (Å²) in [6.07, 6.45) is 0.691. The van der Waals surface area contributed by atoms with Crippen LogP contribution in [0.15, 0.2) is 5.38 Å². The predicted octanol–water partition coefficient (Wildman–Crippen LogP) is 0.757. The molecule has 8 heteroatoms. The van der Waals surface area contributed by atoms with E-state index in [4.69, 9.17) is 5.11 Å². The number of thiazole rings is 1. The molecule has 2 heterocycles. The summed E-state index contributed by atoms with van der Waals surface area (Å²) in [7, 11) is 1.71. The first-order valence-corrected chi connectivity index (χ1v) is 7.83. The molecule has 0 bridgehead atoms. The Labute approximate surface area is 132 Å². The van der Waals surface area contributed by atoms with Crippen LogP contribution in [0, 0.1) is 5.92 Å². The molecule has 1 aliphatic rings. The molecule has 0 saturated carbocycles. The number of hydrogen-bond donors (Lipinski definition) is 2. The Kier molecular flexibility index (Phi) is 4.50. The summed E-state index contributed by atoms with van der Waals surface area (Å²) in [5, 5.41) is 13.8. The van der Waals surface area contributed by atoms with Crippen LogP contribution >= 0.6 is 11.3 Å². The largest absolute Gasteiger partial charge is 0.476 e. The maximum Gasteiger partial charge on any atom is 0.355 e. The van der Waals surface area contributed by atoms with E-state index in [9.17, 15) is 14.4 Å². The molecule has 0 radical (unpaired) electrons. The topological polar surface area (TPSA) is 99.6 Å². The van der Waals surface area contributed by atoms with Crippen LogP contribution in [0.25, 0.3) is 0 Å². The van der Waals surface area contributed by atoms with Gasteiger partial charge in [-0.05, 0) is 13.8 Å². The van der Waals surface area contributed by atoms with Crippen molar-refractivity contribution >= 4 is 29.1 Å². The van der Waals surface area contributed by atoms with Crippen molar-refractivity contribution in [1.29, 1.82) is 0 Å². The third-order valence-corrected chi connectivity index (χ3v) is 5.10. The Balaban J connectivity index is 1.88. The summed E-state index contributed by atoms with van der Waals surface area (Å²) in [5.74, 6) is -1.62. The lowest BCUT2D eigenvalue weighted by Gasteiger charge is -2.32. The van der Waals surface area contributed by atoms with Gasteiger partial charge in [-0.2, -0.15) is 0 Å². The number of carboxylic acid groups (broad SMARTS) is 1. The minimum Gasteiger partial charge on any atom is -0.476 e. The van der Waals surface area contributed by atoms with Crippen molar-refractivity contribution < 1.29 is 19.5 Å². The zero-order valence-electron chi connectivity index (χ0n) is 12.8. The lowest BCUT2D eigenvalue weighted by Crippen LogP contribution is -2.47. The second-order valence-electron chi connectivity index (χ2n) is 5.84. The van der Waals surface area contributed by atoms with Gasteiger partial charge < -0.3 is 15.3 Å². The molecule has 2 rings (SSSR count). The van der Waals surface area contributed by atoms with Gasteiger partial charge in [0.15, 0.2) is 5.69 Å². The summed E-state index contributed by atoms with van der Waals surface area (Å²) >= 11 is 1.26. The molecular weight excluding hydrogens is 306 g/mol. The third kappa shape index (κ3) is 3.11. The second-order valence-corrected chi connectivity index (χ2v) is 6.78. The van der Waals surface area contributed by atoms with Crippen LogP contribution in [0.2, 0.25) is 0 Å². The van der Waals surface area contributed by atoms with Crippen molar-refractivity contribution in [2.24, 2.45) is 5.92 Å². The summed E-state index contributed by atoms with van der Waals surface area (Å²) in [4.78, 5) is 40.3. The SMILES string of the molecule is CN1C(=O)C[C@H](C(=O)NCCc2nc(C(=O)O)cs2)C1(C)C. The number of amides is 2. The smallest absolute Gasteiger partial charge is 0.355 e. The summed E-state index contributed by atoms with van der Waals surface area (Å²) in [6.45, 7) is 4.13. The van der Waals surface area contributed by atoms with Crippen molar-refractivity contribution in [3.63, 3.8) is 0 Å². The average Bonchev–Trinajstić information content (AvgIpc) is 2.98. The number of aromatic nitrogens is 1. The molecule has 2 N–H and O–H groups in total. The minimum absolute atomic E-state index is 0.0236. The summed E-state index contributed by atoms with van der Waals surface area (Å²) in [6, 6.07) is 0. The number of carboxylic acids is 1. The quantitative estimate of drug-likeness (QED) is 0.832. The van der Waals surface area contributed by atoms with Gasteiger partial charge in [-0.1, -0.05) is 0 Å². The molecule has 7 nitrogen and oxygen atoms in total. The first-order chi connectivity index (χ1) is 10.2. The van der Waals surface area contributed by atoms with E-state index in [1.807, 2.05) is 13.8 Å². The zero-order chi connectivity index (χ0) is 16.5. The third-order valence-electron chi connectivity index (χ3n) is 4.20. The molecule has 0 aromatic carbocycles. The van der Waals surface area contributed by atoms with Crippen LogP contribution in [0.5, 0.6) is 0 Å². The van der Waals surface area contributed by atoms with Crippen LogP contribution < -0.4 is 5.32 Å². The monoisotopic (exact) mass is 325 g/mol. The molecule has 22 heavy (non-hydrogen) atoms. The van der Waals surface area contributed by atoms with E-state index in [1.54, 1.807) is 11.9 Å². The first-order valence-electron chi connectivity index (χ1n) is 6.95. The Hall–Kier alpha value is -1.96. The molecule has 0 aliphatic carbocycles. The van der Waals surface area contributed by atoms with E-state index in [1.165, 1.54) is 16.7 Å². The number of hydrogen-bond acceptors (Lipinski definition) is 5. The highest BCUT2D eigenvalue weighted by atomic mass is 32.1. The highest BCUT2D eigenvalue weighted by Crippen LogP contribution is 2.34. The lowest BCUT2D eigenvalue weighted by molar-refractivity contribution is -0.128. The van der Waals surface area contributed by atoms with E-state index < -0.39 is 11.5 Å². The van der Waals surface area contributed by atoms with Crippen LogP contribution in [0.3, 0.4) is 0 Å². The Morgan fingerprint density at radius 1 is 1.55 bits per heavy atom. The molecule has 0 unspecified atom stereocenters. The first kappa shape index (κ1) is 16.4. The molecule has 2 amide bonds. The molecule has 1 saturated heterocycles. The van der Waals surface area contributed by atoms with Gasteiger partial charge in [-0.25, -0.2) is 9.78 Å². The molecule has 1 atom stereocenters. The maximum absolute atomic E-state index is 12.3. The van der Waals surface area contributed by atoms with Crippen molar-refractivity contribution in [3.05, 3.63) is 16.1 Å². The van der Waals surface area contributed by atoms with E-state index in [0.29, 0.717) is 18.0 Å². The van der Waals surface area contributed by atoms with E-state index in [-0.39, 0.29) is 29.8 Å². The molecule has 120 valence electrons. The molecule has 1 fully saturated rings. The highest BCUT2D eigenvalue weighted by molar-refractivity contribution is 7.09. The standard InChI is InChI=1S/C14H19N3O4S/c1-14(2)8(6-11(18)17(14)3)12(19)15-5-4-10-16-9(7-22-10)13(20)21/h7-8H,4-6H2,1-3H3,(H,15,19)(H,20,21)/t8-/m1/s1. The van der Waals surface area contributed by atoms with Gasteiger partial charge in [-0.3, -0.25) is 9.59 Å². The molecule has 1 aliphatic heterocycles. The fraction of sp³-hybridized carbons (Fsp3) is 0.571. The number of carbonyl (C=O) groups is 3. The Morgan fingerprint density at radius 3 is 2.73 bits per heavy atom. The van der Waals surface area contributed by atoms with E-state index >= 15 is 0 Å². The van der Waals surface area contributed by atoms with Gasteiger partial charge in [0.2, 0.25) is 11.8 Å². The predicted molar refractivity (Wildman–Crippen MR) is 80.7 cm³/mol. The van der Waals surface area contributed by atoms with Gasteiger partial charge >= 0.3 is 5.97 Å². The average molecular weight is 325 g/mol. The Bertz CT molecular complexity index is 611. The van der Waals surface area contributed by atoms with Crippen molar-refractivity contribution in [2.75, 3.05) is 13.6 Å². The zero-order valence-corrected chi connectivity index (χ0v) is 13.6. The molecule has 1 aromatic rings. The number of rotatable bonds is 5. The fourth-order valence-electron chi connectivity index (χ4n) is 2.47. The minimum atomic E-state index is -1.05.